The van der Waals surface area contributed by atoms with Crippen molar-refractivity contribution in [3.63, 3.8) is 0 Å². The fourth-order valence-electron chi connectivity index (χ4n) is 6.20. The molecule has 0 amide bonds. The van der Waals surface area contributed by atoms with Crippen LogP contribution in [0.2, 0.25) is 0 Å². The van der Waals surface area contributed by atoms with Gasteiger partial charge in [0.1, 0.15) is 0 Å². The third-order valence-electron chi connectivity index (χ3n) is 7.90. The first kappa shape index (κ1) is 23.7. The Morgan fingerprint density at radius 2 is 1.59 bits per heavy atom. The second-order valence-electron chi connectivity index (χ2n) is 10.3. The molecule has 0 bridgehead atoms. The molecule has 0 radical (unpaired) electrons. The van der Waals surface area contributed by atoms with Crippen LogP contribution in [0.3, 0.4) is 0 Å². The molecule has 5 nitrogen and oxygen atoms in total. The maximum Gasteiger partial charge on any atom is 0.0963 e. The van der Waals surface area contributed by atoms with E-state index in [4.69, 9.17) is 9.72 Å². The van der Waals surface area contributed by atoms with Crippen molar-refractivity contribution >= 4 is 44.6 Å². The van der Waals surface area contributed by atoms with Gasteiger partial charge in [0.25, 0.3) is 0 Å². The summed E-state index contributed by atoms with van der Waals surface area (Å²) in [5.74, 6) is 0. The number of fused-ring (bicyclic) bond motifs is 6. The zero-order chi connectivity index (χ0) is 26.3. The number of ether oxygens (including phenoxy) is 1. The fraction of sp³-hybridized carbons (Fsp3) is 0.206. The van der Waals surface area contributed by atoms with Crippen LogP contribution in [-0.2, 0) is 11.2 Å². The first-order chi connectivity index (χ1) is 19.3. The minimum Gasteiger partial charge on any atom is -0.381 e. The van der Waals surface area contributed by atoms with Gasteiger partial charge in [-0.15, -0.1) is 0 Å². The Morgan fingerprint density at radius 1 is 0.872 bits per heavy atom. The summed E-state index contributed by atoms with van der Waals surface area (Å²) in [4.78, 5) is 4.77. The molecule has 1 aliphatic rings. The molecule has 5 heteroatoms. The lowest BCUT2D eigenvalue weighted by atomic mass is 10.0. The number of benzene rings is 3. The van der Waals surface area contributed by atoms with Gasteiger partial charge in [0.05, 0.1) is 39.6 Å². The number of para-hydroxylation sites is 2. The molecule has 6 aromatic rings. The van der Waals surface area contributed by atoms with Crippen molar-refractivity contribution in [1.82, 2.24) is 14.1 Å². The minimum atomic E-state index is 0.176. The number of nitrogens with zero attached hydrogens (tertiary/aromatic N) is 3. The maximum absolute atomic E-state index is 5.91. The van der Waals surface area contributed by atoms with Crippen LogP contribution in [0.15, 0.2) is 91.1 Å². The highest BCUT2D eigenvalue weighted by Gasteiger charge is 2.21. The van der Waals surface area contributed by atoms with Crippen molar-refractivity contribution in [2.24, 2.45) is 0 Å². The molecule has 1 unspecified atom stereocenters. The molecule has 39 heavy (non-hydrogen) atoms. The first-order valence-corrected chi connectivity index (χ1v) is 13.8. The van der Waals surface area contributed by atoms with Gasteiger partial charge in [-0.05, 0) is 66.9 Å². The standard InChI is InChI=1S/C34H32N4O/c1-3-10-26(39-2)21-23-19-24(37-29-13-6-4-11-27(29)33-31(37)15-8-17-35-33)22-25(20-23)38-30-14-7-5-12-28(30)34-32(38)16-9-18-36-34/h4-9,11-17,19-20,22,26,36H,3,10,18,21H2,1-2H3. The SMILES string of the molecule is CCCC(Cc1cc(-n2c3c(c4ccccc42)NCC=C3)cc(-n2c3ccccc3c3ncccc32)c1)OC. The predicted octanol–water partition coefficient (Wildman–Crippen LogP) is 7.92. The van der Waals surface area contributed by atoms with Gasteiger partial charge in [0.2, 0.25) is 0 Å². The average Bonchev–Trinajstić information content (AvgIpc) is 3.50. The summed E-state index contributed by atoms with van der Waals surface area (Å²) < 4.78 is 10.7. The molecule has 0 saturated carbocycles. The quantitative estimate of drug-likeness (QED) is 0.236. The Hall–Kier alpha value is -4.35. The summed E-state index contributed by atoms with van der Waals surface area (Å²) in [6.45, 7) is 3.06. The minimum absolute atomic E-state index is 0.176. The molecule has 0 saturated heterocycles. The van der Waals surface area contributed by atoms with E-state index in [1.807, 2.05) is 19.4 Å². The summed E-state index contributed by atoms with van der Waals surface area (Å²) in [5.41, 5.74) is 10.4. The molecule has 4 heterocycles. The second-order valence-corrected chi connectivity index (χ2v) is 10.3. The molecule has 0 aliphatic carbocycles. The van der Waals surface area contributed by atoms with Crippen LogP contribution in [0, 0.1) is 0 Å². The van der Waals surface area contributed by atoms with Gasteiger partial charge in [0.15, 0.2) is 0 Å². The van der Waals surface area contributed by atoms with Gasteiger partial charge >= 0.3 is 0 Å². The lowest BCUT2D eigenvalue weighted by molar-refractivity contribution is 0.0949. The van der Waals surface area contributed by atoms with E-state index in [0.717, 1.165) is 59.1 Å². The van der Waals surface area contributed by atoms with Crippen molar-refractivity contribution in [1.29, 1.82) is 0 Å². The van der Waals surface area contributed by atoms with E-state index >= 15 is 0 Å². The van der Waals surface area contributed by atoms with Crippen molar-refractivity contribution < 1.29 is 4.74 Å². The van der Waals surface area contributed by atoms with Crippen molar-refractivity contribution in [3.8, 4) is 11.4 Å². The molecule has 1 aliphatic heterocycles. The van der Waals surface area contributed by atoms with Crippen LogP contribution in [0.4, 0.5) is 5.69 Å². The van der Waals surface area contributed by atoms with E-state index in [0.29, 0.717) is 0 Å². The molecule has 1 N–H and O–H groups in total. The third kappa shape index (κ3) is 3.93. The average molecular weight is 513 g/mol. The lowest BCUT2D eigenvalue weighted by Gasteiger charge is -2.19. The Balaban J connectivity index is 1.52. The van der Waals surface area contributed by atoms with E-state index in [2.05, 4.69) is 106 Å². The number of rotatable bonds is 7. The fourth-order valence-corrected chi connectivity index (χ4v) is 6.20. The van der Waals surface area contributed by atoms with Crippen molar-refractivity contribution in [2.45, 2.75) is 32.3 Å². The normalized spacial score (nSPS) is 13.7. The Kier molecular flexibility index (Phi) is 5.94. The number of pyridine rings is 1. The van der Waals surface area contributed by atoms with E-state index in [1.54, 1.807) is 0 Å². The predicted molar refractivity (Wildman–Crippen MR) is 162 cm³/mol. The van der Waals surface area contributed by atoms with Crippen molar-refractivity contribution in [2.75, 3.05) is 19.0 Å². The van der Waals surface area contributed by atoms with Crippen LogP contribution in [0.1, 0.15) is 31.0 Å². The molecule has 7 rings (SSSR count). The molecule has 194 valence electrons. The van der Waals surface area contributed by atoms with Gasteiger partial charge in [0, 0.05) is 42.0 Å². The maximum atomic E-state index is 5.91. The smallest absolute Gasteiger partial charge is 0.0963 e. The number of hydrogen-bond donors (Lipinski definition) is 1. The van der Waals surface area contributed by atoms with E-state index < -0.39 is 0 Å². The van der Waals surface area contributed by atoms with Crippen LogP contribution < -0.4 is 5.32 Å². The molecule has 1 atom stereocenters. The van der Waals surface area contributed by atoms with Gasteiger partial charge in [-0.2, -0.15) is 0 Å². The van der Waals surface area contributed by atoms with Crippen molar-refractivity contribution in [3.05, 3.63) is 102 Å². The summed E-state index contributed by atoms with van der Waals surface area (Å²) >= 11 is 0. The summed E-state index contributed by atoms with van der Waals surface area (Å²) in [7, 11) is 1.83. The monoisotopic (exact) mass is 512 g/mol. The number of nitrogens with one attached hydrogen (secondary N) is 1. The number of methoxy groups -OCH3 is 1. The molecule has 0 fully saturated rings. The highest BCUT2D eigenvalue weighted by atomic mass is 16.5. The third-order valence-corrected chi connectivity index (χ3v) is 7.90. The zero-order valence-corrected chi connectivity index (χ0v) is 22.4. The molecule has 3 aromatic heterocycles. The number of aromatic nitrogens is 3. The van der Waals surface area contributed by atoms with Gasteiger partial charge in [-0.3, -0.25) is 4.98 Å². The molecule has 0 spiro atoms. The number of anilines is 1. The van der Waals surface area contributed by atoms with E-state index in [1.165, 1.54) is 27.8 Å². The van der Waals surface area contributed by atoms with Gasteiger partial charge in [-0.1, -0.05) is 55.8 Å². The Labute approximate surface area is 228 Å². The molecule has 3 aromatic carbocycles. The van der Waals surface area contributed by atoms with E-state index in [9.17, 15) is 0 Å². The van der Waals surface area contributed by atoms with Gasteiger partial charge < -0.3 is 19.2 Å². The highest BCUT2D eigenvalue weighted by Crippen LogP contribution is 2.38. The van der Waals surface area contributed by atoms with E-state index in [-0.39, 0.29) is 6.10 Å². The topological polar surface area (TPSA) is 44.0 Å². The summed E-state index contributed by atoms with van der Waals surface area (Å²) in [6.07, 6.45) is 9.48. The second kappa shape index (κ2) is 9.75. The van der Waals surface area contributed by atoms with Crippen LogP contribution in [-0.4, -0.2) is 33.9 Å². The van der Waals surface area contributed by atoms with Crippen LogP contribution in [0.25, 0.3) is 50.3 Å². The summed E-state index contributed by atoms with van der Waals surface area (Å²) in [5, 5.41) is 6.02. The van der Waals surface area contributed by atoms with Crippen LogP contribution in [0.5, 0.6) is 0 Å². The Bertz CT molecular complexity index is 1810. The Morgan fingerprint density at radius 3 is 2.38 bits per heavy atom. The lowest BCUT2D eigenvalue weighted by Crippen LogP contribution is -2.14. The summed E-state index contributed by atoms with van der Waals surface area (Å²) in [6, 6.07) is 28.4. The molecular weight excluding hydrogens is 480 g/mol. The number of hydrogen-bond acceptors (Lipinski definition) is 3. The van der Waals surface area contributed by atoms with Crippen LogP contribution >= 0.6 is 0 Å². The molecular formula is C34H32N4O. The zero-order valence-electron chi connectivity index (χ0n) is 22.4. The first-order valence-electron chi connectivity index (χ1n) is 13.8. The highest BCUT2D eigenvalue weighted by molar-refractivity contribution is 6.07. The largest absolute Gasteiger partial charge is 0.381 e. The van der Waals surface area contributed by atoms with Gasteiger partial charge in [-0.25, -0.2) is 0 Å².